The van der Waals surface area contributed by atoms with Gasteiger partial charge in [0.1, 0.15) is 11.6 Å². The predicted octanol–water partition coefficient (Wildman–Crippen LogP) is 3.96. The molecule has 172 valence electrons. The number of anilines is 2. The number of nitrogens with zero attached hydrogens (tertiary/aromatic N) is 2. The lowest BCUT2D eigenvalue weighted by Crippen LogP contribution is -2.29. The number of methoxy groups -OCH3 is 1. The Balaban J connectivity index is 1.92. The van der Waals surface area contributed by atoms with Gasteiger partial charge in [-0.15, -0.1) is 0 Å². The lowest BCUT2D eigenvalue weighted by atomic mass is 10.1. The third-order valence-electron chi connectivity index (χ3n) is 4.69. The fourth-order valence-electron chi connectivity index (χ4n) is 3.11. The zero-order valence-electron chi connectivity index (χ0n) is 17.7. The van der Waals surface area contributed by atoms with E-state index in [4.69, 9.17) is 4.74 Å². The largest absolute Gasteiger partial charge is 0.496 e. The van der Waals surface area contributed by atoms with E-state index in [0.29, 0.717) is 11.3 Å². The van der Waals surface area contributed by atoms with Gasteiger partial charge in [-0.3, -0.25) is 19.2 Å². The van der Waals surface area contributed by atoms with Crippen molar-refractivity contribution in [3.05, 3.63) is 93.8 Å². The molecular formula is C22H20FN3O6S. The fourth-order valence-corrected chi connectivity index (χ4v) is 3.98. The molecule has 11 heteroatoms. The average molecular weight is 473 g/mol. The number of nitro benzene ring substituents is 1. The van der Waals surface area contributed by atoms with E-state index in [1.165, 1.54) is 61.7 Å². The molecule has 0 spiro atoms. The van der Waals surface area contributed by atoms with Crippen LogP contribution in [0.2, 0.25) is 0 Å². The van der Waals surface area contributed by atoms with Crippen LogP contribution in [0.4, 0.5) is 21.5 Å². The molecule has 0 fully saturated rings. The van der Waals surface area contributed by atoms with Crippen LogP contribution in [0.15, 0.2) is 66.7 Å². The summed E-state index contributed by atoms with van der Waals surface area (Å²) in [6, 6.07) is 14.9. The van der Waals surface area contributed by atoms with E-state index in [-0.39, 0.29) is 29.2 Å². The van der Waals surface area contributed by atoms with Gasteiger partial charge in [0, 0.05) is 28.9 Å². The number of nitrogens with one attached hydrogen (secondary N) is 1. The van der Waals surface area contributed by atoms with Crippen LogP contribution < -0.4 is 14.4 Å². The molecule has 0 radical (unpaired) electrons. The third-order valence-corrected chi connectivity index (χ3v) is 5.83. The smallest absolute Gasteiger partial charge is 0.271 e. The third kappa shape index (κ3) is 5.83. The van der Waals surface area contributed by atoms with Crippen molar-refractivity contribution in [3.63, 3.8) is 0 Å². The summed E-state index contributed by atoms with van der Waals surface area (Å²) in [6.07, 6.45) is 1.02. The Kier molecular flexibility index (Phi) is 6.92. The molecule has 0 aromatic heterocycles. The maximum absolute atomic E-state index is 13.3. The van der Waals surface area contributed by atoms with E-state index in [9.17, 15) is 27.7 Å². The standard InChI is InChI=1S/C22H20FN3O6S/c1-32-21-11-6-15(22(27)24-18-4-3-5-20(13-18)26(28)29)12-16(21)14-25(33(2,30)31)19-9-7-17(23)8-10-19/h3-13H,14H2,1-2H3,(H,24,27). The van der Waals surface area contributed by atoms with Crippen molar-refractivity contribution in [1.82, 2.24) is 0 Å². The van der Waals surface area contributed by atoms with Crippen LogP contribution in [0, 0.1) is 15.9 Å². The topological polar surface area (TPSA) is 119 Å². The van der Waals surface area contributed by atoms with Crippen molar-refractivity contribution in [2.45, 2.75) is 6.54 Å². The van der Waals surface area contributed by atoms with Crippen LogP contribution in [0.5, 0.6) is 5.75 Å². The Morgan fingerprint density at radius 2 is 1.82 bits per heavy atom. The number of nitro groups is 1. The second-order valence-corrected chi connectivity index (χ2v) is 8.94. The highest BCUT2D eigenvalue weighted by Crippen LogP contribution is 2.27. The molecule has 1 N–H and O–H groups in total. The normalized spacial score (nSPS) is 11.0. The minimum absolute atomic E-state index is 0.175. The molecule has 3 aromatic rings. The lowest BCUT2D eigenvalue weighted by Gasteiger charge is -2.24. The first kappa shape index (κ1) is 23.7. The molecule has 1 amide bonds. The molecule has 0 saturated carbocycles. The number of carbonyl (C=O) groups is 1. The van der Waals surface area contributed by atoms with E-state index in [1.807, 2.05) is 0 Å². The summed E-state index contributed by atoms with van der Waals surface area (Å²) in [5, 5.41) is 13.5. The predicted molar refractivity (Wildman–Crippen MR) is 121 cm³/mol. The number of rotatable bonds is 8. The Morgan fingerprint density at radius 1 is 1.12 bits per heavy atom. The van der Waals surface area contributed by atoms with Crippen molar-refractivity contribution >= 4 is 33.0 Å². The van der Waals surface area contributed by atoms with Gasteiger partial charge in [-0.1, -0.05) is 6.07 Å². The van der Waals surface area contributed by atoms with Crippen LogP contribution in [-0.4, -0.2) is 32.6 Å². The molecule has 33 heavy (non-hydrogen) atoms. The van der Waals surface area contributed by atoms with E-state index >= 15 is 0 Å². The Hall–Kier alpha value is -3.99. The summed E-state index contributed by atoms with van der Waals surface area (Å²) < 4.78 is 44.5. The SMILES string of the molecule is COc1ccc(C(=O)Nc2cccc([N+](=O)[O-])c2)cc1CN(c1ccc(F)cc1)S(C)(=O)=O. The minimum atomic E-state index is -3.76. The highest BCUT2D eigenvalue weighted by atomic mass is 32.2. The van der Waals surface area contributed by atoms with E-state index in [1.54, 1.807) is 0 Å². The maximum atomic E-state index is 13.3. The molecule has 9 nitrogen and oxygen atoms in total. The number of benzene rings is 3. The molecule has 0 saturated heterocycles. The number of hydrogen-bond acceptors (Lipinski definition) is 6. The van der Waals surface area contributed by atoms with E-state index < -0.39 is 26.7 Å². The monoisotopic (exact) mass is 473 g/mol. The molecule has 0 aliphatic heterocycles. The zero-order valence-corrected chi connectivity index (χ0v) is 18.5. The molecule has 3 aromatic carbocycles. The Bertz CT molecular complexity index is 1300. The van der Waals surface area contributed by atoms with Crippen molar-refractivity contribution in [2.24, 2.45) is 0 Å². The van der Waals surface area contributed by atoms with Gasteiger partial charge in [0.2, 0.25) is 10.0 Å². The number of non-ortho nitro benzene ring substituents is 1. The second kappa shape index (κ2) is 9.65. The van der Waals surface area contributed by atoms with Crippen LogP contribution in [-0.2, 0) is 16.6 Å². The summed E-state index contributed by atoms with van der Waals surface area (Å²) in [6.45, 7) is -0.175. The Morgan fingerprint density at radius 3 is 2.42 bits per heavy atom. The number of ether oxygens (including phenoxy) is 1. The van der Waals surface area contributed by atoms with Gasteiger partial charge >= 0.3 is 0 Å². The average Bonchev–Trinajstić information content (AvgIpc) is 2.77. The van der Waals surface area contributed by atoms with Gasteiger partial charge in [0.15, 0.2) is 0 Å². The second-order valence-electron chi connectivity index (χ2n) is 7.03. The fraction of sp³-hybridized carbons (Fsp3) is 0.136. The number of halogens is 1. The zero-order chi connectivity index (χ0) is 24.2. The first-order valence-corrected chi connectivity index (χ1v) is 11.4. The van der Waals surface area contributed by atoms with Crippen LogP contribution in [0.3, 0.4) is 0 Å². The van der Waals surface area contributed by atoms with Crippen LogP contribution in [0.1, 0.15) is 15.9 Å². The van der Waals surface area contributed by atoms with Gasteiger partial charge < -0.3 is 10.1 Å². The number of hydrogen-bond donors (Lipinski definition) is 1. The quantitative estimate of drug-likeness (QED) is 0.391. The summed E-state index contributed by atoms with van der Waals surface area (Å²) in [5.41, 5.74) is 0.873. The molecular weight excluding hydrogens is 453 g/mol. The molecule has 0 bridgehead atoms. The van der Waals surface area contributed by atoms with Crippen LogP contribution >= 0.6 is 0 Å². The molecule has 0 atom stereocenters. The lowest BCUT2D eigenvalue weighted by molar-refractivity contribution is -0.384. The van der Waals surface area contributed by atoms with Crippen LogP contribution in [0.25, 0.3) is 0 Å². The van der Waals surface area contributed by atoms with Gasteiger partial charge in [0.25, 0.3) is 11.6 Å². The maximum Gasteiger partial charge on any atom is 0.271 e. The number of amides is 1. The molecule has 0 aliphatic carbocycles. The van der Waals surface area contributed by atoms with Gasteiger partial charge in [-0.2, -0.15) is 0 Å². The highest BCUT2D eigenvalue weighted by Gasteiger charge is 2.21. The minimum Gasteiger partial charge on any atom is -0.496 e. The van der Waals surface area contributed by atoms with Crippen molar-refractivity contribution in [2.75, 3.05) is 23.0 Å². The number of sulfonamides is 1. The van der Waals surface area contributed by atoms with Gasteiger partial charge in [-0.25, -0.2) is 12.8 Å². The Labute approximate surface area is 189 Å². The first-order valence-electron chi connectivity index (χ1n) is 9.54. The highest BCUT2D eigenvalue weighted by molar-refractivity contribution is 7.92. The van der Waals surface area contributed by atoms with Crippen molar-refractivity contribution < 1.29 is 27.3 Å². The van der Waals surface area contributed by atoms with E-state index in [2.05, 4.69) is 5.32 Å². The first-order chi connectivity index (χ1) is 15.6. The van der Waals surface area contributed by atoms with Gasteiger partial charge in [0.05, 0.1) is 30.5 Å². The number of carbonyl (C=O) groups excluding carboxylic acids is 1. The van der Waals surface area contributed by atoms with E-state index in [0.717, 1.165) is 22.7 Å². The van der Waals surface area contributed by atoms with Crippen molar-refractivity contribution in [3.8, 4) is 5.75 Å². The van der Waals surface area contributed by atoms with Gasteiger partial charge in [-0.05, 0) is 48.5 Å². The molecule has 3 rings (SSSR count). The summed E-state index contributed by atoms with van der Waals surface area (Å²) in [7, 11) is -2.35. The summed E-state index contributed by atoms with van der Waals surface area (Å²) in [4.78, 5) is 23.1. The molecule has 0 heterocycles. The molecule has 0 unspecified atom stereocenters. The van der Waals surface area contributed by atoms with Crippen molar-refractivity contribution in [1.29, 1.82) is 0 Å². The molecule has 0 aliphatic rings. The summed E-state index contributed by atoms with van der Waals surface area (Å²) >= 11 is 0. The summed E-state index contributed by atoms with van der Waals surface area (Å²) in [5.74, 6) is -0.714.